The highest BCUT2D eigenvalue weighted by molar-refractivity contribution is 7.92. The van der Waals surface area contributed by atoms with Gasteiger partial charge in [-0.15, -0.1) is 0 Å². The maximum Gasteiger partial charge on any atom is 0.338 e. The van der Waals surface area contributed by atoms with Gasteiger partial charge in [-0.2, -0.15) is 0 Å². The second-order valence-corrected chi connectivity index (χ2v) is 7.35. The summed E-state index contributed by atoms with van der Waals surface area (Å²) in [7, 11) is -3.30. The number of fused-ring (bicyclic) bond motifs is 1. The van der Waals surface area contributed by atoms with Crippen LogP contribution in [0.15, 0.2) is 28.8 Å². The first-order valence-corrected chi connectivity index (χ1v) is 8.89. The molecule has 0 saturated heterocycles. The zero-order valence-corrected chi connectivity index (χ0v) is 13.6. The van der Waals surface area contributed by atoms with E-state index in [2.05, 4.69) is 5.16 Å². The van der Waals surface area contributed by atoms with E-state index >= 15 is 0 Å². The summed E-state index contributed by atoms with van der Waals surface area (Å²) in [6.45, 7) is 2.18. The van der Waals surface area contributed by atoms with Crippen molar-refractivity contribution in [2.24, 2.45) is 0 Å². The van der Waals surface area contributed by atoms with Gasteiger partial charge in [-0.25, -0.2) is 13.2 Å². The molecule has 0 unspecified atom stereocenters. The molecule has 1 aromatic heterocycles. The van der Waals surface area contributed by atoms with Crippen molar-refractivity contribution in [3.8, 4) is 0 Å². The third-order valence-electron chi connectivity index (χ3n) is 3.59. The molecular weight excluding hydrogens is 320 g/mol. The maximum absolute atomic E-state index is 12.1. The largest absolute Gasteiger partial charge is 0.454 e. The number of hydrogen-bond donors (Lipinski definition) is 0. The Balaban J connectivity index is 1.73. The van der Waals surface area contributed by atoms with E-state index in [0.29, 0.717) is 30.0 Å². The van der Waals surface area contributed by atoms with Crippen LogP contribution in [0.5, 0.6) is 0 Å². The Morgan fingerprint density at radius 1 is 1.39 bits per heavy atom. The van der Waals surface area contributed by atoms with Gasteiger partial charge in [-0.3, -0.25) is 4.31 Å². The fourth-order valence-corrected chi connectivity index (χ4v) is 3.51. The summed E-state index contributed by atoms with van der Waals surface area (Å²) in [5.74, 6) is -0.0140. The summed E-state index contributed by atoms with van der Waals surface area (Å²) in [5.41, 5.74) is 2.54. The maximum atomic E-state index is 12.1. The van der Waals surface area contributed by atoms with Crippen LogP contribution in [0, 0.1) is 6.92 Å². The molecule has 0 bridgehead atoms. The number of aromatic nitrogens is 1. The number of benzene rings is 1. The molecule has 0 radical (unpaired) electrons. The molecule has 0 atom stereocenters. The van der Waals surface area contributed by atoms with Crippen molar-refractivity contribution in [3.05, 3.63) is 46.8 Å². The Kier molecular flexibility index (Phi) is 3.85. The van der Waals surface area contributed by atoms with Crippen LogP contribution in [0.25, 0.3) is 0 Å². The molecule has 1 aliphatic rings. The molecule has 1 aromatic carbocycles. The smallest absolute Gasteiger partial charge is 0.338 e. The van der Waals surface area contributed by atoms with E-state index in [4.69, 9.17) is 9.26 Å². The normalized spacial score (nSPS) is 13.9. The highest BCUT2D eigenvalue weighted by atomic mass is 32.2. The Bertz CT molecular complexity index is 857. The summed E-state index contributed by atoms with van der Waals surface area (Å²) in [6, 6.07) is 6.57. The molecule has 0 aliphatic carbocycles. The first-order valence-electron chi connectivity index (χ1n) is 7.04. The SMILES string of the molecule is Cc1cc(COC(=O)c2ccc3c(c2)CCN3S(C)(=O)=O)on1. The Labute approximate surface area is 133 Å². The molecule has 0 spiro atoms. The van der Waals surface area contributed by atoms with Gasteiger partial charge in [0.25, 0.3) is 0 Å². The first-order chi connectivity index (χ1) is 10.8. The molecule has 3 rings (SSSR count). The minimum absolute atomic E-state index is 0.00617. The van der Waals surface area contributed by atoms with Gasteiger partial charge in [0.05, 0.1) is 23.2 Å². The van der Waals surface area contributed by atoms with Crippen LogP contribution in [0.1, 0.15) is 27.4 Å². The van der Waals surface area contributed by atoms with E-state index in [1.165, 1.54) is 10.6 Å². The number of sulfonamides is 1. The zero-order chi connectivity index (χ0) is 16.6. The van der Waals surface area contributed by atoms with Crippen LogP contribution < -0.4 is 4.31 Å². The predicted octanol–water partition coefficient (Wildman–Crippen LogP) is 1.66. The lowest BCUT2D eigenvalue weighted by molar-refractivity contribution is 0.0437. The van der Waals surface area contributed by atoms with Crippen LogP contribution in [0.4, 0.5) is 5.69 Å². The monoisotopic (exact) mass is 336 g/mol. The summed E-state index contributed by atoms with van der Waals surface area (Å²) >= 11 is 0. The van der Waals surface area contributed by atoms with Gasteiger partial charge in [0, 0.05) is 12.6 Å². The molecule has 0 amide bonds. The van der Waals surface area contributed by atoms with Crippen LogP contribution in [0.2, 0.25) is 0 Å². The van der Waals surface area contributed by atoms with Gasteiger partial charge in [0.15, 0.2) is 12.4 Å². The molecule has 2 aromatic rings. The van der Waals surface area contributed by atoms with Gasteiger partial charge < -0.3 is 9.26 Å². The average Bonchev–Trinajstić information content (AvgIpc) is 3.09. The highest BCUT2D eigenvalue weighted by Gasteiger charge is 2.27. The molecule has 0 fully saturated rings. The lowest BCUT2D eigenvalue weighted by Gasteiger charge is -2.16. The van der Waals surface area contributed by atoms with E-state index in [1.54, 1.807) is 31.2 Å². The van der Waals surface area contributed by atoms with Crippen molar-refractivity contribution in [2.45, 2.75) is 20.0 Å². The third kappa shape index (κ3) is 3.21. The van der Waals surface area contributed by atoms with Gasteiger partial charge in [-0.1, -0.05) is 5.16 Å². The first kappa shape index (κ1) is 15.5. The standard InChI is InChI=1S/C15H16N2O5S/c1-10-7-13(22-16-10)9-21-15(18)12-3-4-14-11(8-12)5-6-17(14)23(2,19)20/h3-4,7-8H,5-6,9H2,1-2H3. The minimum Gasteiger partial charge on any atom is -0.454 e. The summed E-state index contributed by atoms with van der Waals surface area (Å²) in [5, 5.41) is 3.72. The molecule has 23 heavy (non-hydrogen) atoms. The fourth-order valence-electron chi connectivity index (χ4n) is 2.55. The van der Waals surface area contributed by atoms with Gasteiger partial charge in [0.1, 0.15) is 0 Å². The Morgan fingerprint density at radius 3 is 2.83 bits per heavy atom. The predicted molar refractivity (Wildman–Crippen MR) is 82.7 cm³/mol. The zero-order valence-electron chi connectivity index (χ0n) is 12.8. The summed E-state index contributed by atoms with van der Waals surface area (Å²) in [6.07, 6.45) is 1.74. The summed E-state index contributed by atoms with van der Waals surface area (Å²) in [4.78, 5) is 12.1. The third-order valence-corrected chi connectivity index (χ3v) is 4.77. The van der Waals surface area contributed by atoms with Crippen molar-refractivity contribution in [1.29, 1.82) is 0 Å². The van der Waals surface area contributed by atoms with E-state index in [1.807, 2.05) is 0 Å². The summed E-state index contributed by atoms with van der Waals surface area (Å²) < 4.78 is 34.9. The topological polar surface area (TPSA) is 89.7 Å². The quantitative estimate of drug-likeness (QED) is 0.789. The molecule has 1 aliphatic heterocycles. The van der Waals surface area contributed by atoms with Crippen molar-refractivity contribution in [2.75, 3.05) is 17.1 Å². The number of ether oxygens (including phenoxy) is 1. The second-order valence-electron chi connectivity index (χ2n) is 5.44. The van der Waals surface area contributed by atoms with Crippen molar-refractivity contribution >= 4 is 21.7 Å². The van der Waals surface area contributed by atoms with Crippen LogP contribution in [0.3, 0.4) is 0 Å². The van der Waals surface area contributed by atoms with Crippen molar-refractivity contribution < 1.29 is 22.5 Å². The number of aryl methyl sites for hydroxylation is 1. The lowest BCUT2D eigenvalue weighted by atomic mass is 10.1. The molecule has 122 valence electrons. The number of esters is 1. The second kappa shape index (κ2) is 5.69. The van der Waals surface area contributed by atoms with E-state index in [9.17, 15) is 13.2 Å². The van der Waals surface area contributed by atoms with E-state index in [0.717, 1.165) is 11.3 Å². The van der Waals surface area contributed by atoms with Crippen LogP contribution in [-0.2, 0) is 27.8 Å². The van der Waals surface area contributed by atoms with Gasteiger partial charge >= 0.3 is 5.97 Å². The number of hydrogen-bond acceptors (Lipinski definition) is 6. The average molecular weight is 336 g/mol. The lowest BCUT2D eigenvalue weighted by Crippen LogP contribution is -2.27. The Morgan fingerprint density at radius 2 is 2.17 bits per heavy atom. The van der Waals surface area contributed by atoms with Gasteiger partial charge in [-0.05, 0) is 37.1 Å². The van der Waals surface area contributed by atoms with E-state index < -0.39 is 16.0 Å². The highest BCUT2D eigenvalue weighted by Crippen LogP contribution is 2.30. The molecule has 0 saturated carbocycles. The number of nitrogens with zero attached hydrogens (tertiary/aromatic N) is 2. The van der Waals surface area contributed by atoms with Crippen molar-refractivity contribution in [1.82, 2.24) is 5.16 Å². The number of carbonyl (C=O) groups excluding carboxylic acids is 1. The minimum atomic E-state index is -3.30. The molecule has 2 heterocycles. The molecule has 8 heteroatoms. The van der Waals surface area contributed by atoms with Gasteiger partial charge in [0.2, 0.25) is 10.0 Å². The molecule has 7 nitrogen and oxygen atoms in total. The molecular formula is C15H16N2O5S. The number of anilines is 1. The number of rotatable bonds is 4. The fraction of sp³-hybridized carbons (Fsp3) is 0.333. The van der Waals surface area contributed by atoms with E-state index in [-0.39, 0.29) is 6.61 Å². The van der Waals surface area contributed by atoms with Crippen molar-refractivity contribution in [3.63, 3.8) is 0 Å². The number of carbonyl (C=O) groups is 1. The van der Waals surface area contributed by atoms with Crippen LogP contribution in [-0.4, -0.2) is 32.3 Å². The van der Waals surface area contributed by atoms with Crippen LogP contribution >= 0.6 is 0 Å². The Hall–Kier alpha value is -2.35. The molecule has 0 N–H and O–H groups in total.